The maximum Gasteiger partial charge on any atom is 0.416 e. The third-order valence-electron chi connectivity index (χ3n) is 7.97. The molecule has 2 N–H and O–H groups in total. The average molecular weight is 551 g/mol. The number of hydrogen-bond donors (Lipinski definition) is 2. The van der Waals surface area contributed by atoms with E-state index >= 15 is 4.39 Å². The minimum absolute atomic E-state index is 0.0116. The van der Waals surface area contributed by atoms with Gasteiger partial charge in [0.25, 0.3) is 0 Å². The number of carbonyl (C=O) groups excluding carboxylic acids is 4. The van der Waals surface area contributed by atoms with Crippen LogP contribution < -0.4 is 20.4 Å². The first kappa shape index (κ1) is 24.4. The Morgan fingerprint density at radius 1 is 1.12 bits per heavy atom. The molecule has 0 radical (unpaired) electrons. The first-order valence-corrected chi connectivity index (χ1v) is 12.6. The van der Waals surface area contributed by atoms with E-state index in [1.165, 1.54) is 23.5 Å². The van der Waals surface area contributed by atoms with E-state index in [1.54, 1.807) is 24.8 Å². The molecule has 14 nitrogen and oxygen atoms in total. The quantitative estimate of drug-likeness (QED) is 0.441. The second kappa shape index (κ2) is 8.42. The maximum atomic E-state index is 16.4. The number of nitrogens with zero attached hydrogens (tertiary/aromatic N) is 5. The number of barbiturate groups is 1. The molecule has 1 spiro atoms. The molecule has 3 aromatic rings. The molecule has 4 atom stereocenters. The molecule has 5 amide bonds. The second-order valence-electron chi connectivity index (χ2n) is 10.3. The van der Waals surface area contributed by atoms with Crippen molar-refractivity contribution in [3.05, 3.63) is 41.7 Å². The number of imide groups is 2. The number of urea groups is 1. The molecule has 3 fully saturated rings. The van der Waals surface area contributed by atoms with E-state index in [0.29, 0.717) is 11.3 Å². The molecule has 4 aliphatic rings. The summed E-state index contributed by atoms with van der Waals surface area (Å²) in [6, 6.07) is -1.00. The summed E-state index contributed by atoms with van der Waals surface area (Å²) < 4.78 is 33.0. The summed E-state index contributed by atoms with van der Waals surface area (Å²) >= 11 is 0. The van der Waals surface area contributed by atoms with Gasteiger partial charge in [-0.15, -0.1) is 0 Å². The molecule has 7 rings (SSSR count). The molecule has 15 heteroatoms. The summed E-state index contributed by atoms with van der Waals surface area (Å²) in [6.45, 7) is 3.62. The zero-order chi connectivity index (χ0) is 27.9. The van der Waals surface area contributed by atoms with Crippen LogP contribution in [0.5, 0.6) is 0 Å². The number of halogens is 1. The Kier molecular flexibility index (Phi) is 5.13. The fourth-order valence-corrected chi connectivity index (χ4v) is 6.47. The van der Waals surface area contributed by atoms with Crippen molar-refractivity contribution in [2.24, 2.45) is 5.41 Å². The van der Waals surface area contributed by atoms with Crippen LogP contribution in [-0.4, -0.2) is 70.5 Å². The SMILES string of the molecule is C[C@@H]1CN2c3c(cc4c(N5C(=O)OC[C@@H]5c5cnccn5)noc4c3F)CC3(C(=O)NC(=O)NC3=O)C2[C@H](C)O1. The Balaban J connectivity index is 1.42. The summed E-state index contributed by atoms with van der Waals surface area (Å²) in [4.78, 5) is 62.8. The highest BCUT2D eigenvalue weighted by molar-refractivity contribution is 6.20. The lowest BCUT2D eigenvalue weighted by atomic mass is 9.66. The number of rotatable bonds is 2. The van der Waals surface area contributed by atoms with Gasteiger partial charge in [-0.25, -0.2) is 18.9 Å². The molecule has 0 saturated carbocycles. The van der Waals surface area contributed by atoms with Gasteiger partial charge in [-0.2, -0.15) is 0 Å². The van der Waals surface area contributed by atoms with Gasteiger partial charge in [0, 0.05) is 25.4 Å². The highest BCUT2D eigenvalue weighted by atomic mass is 19.1. The van der Waals surface area contributed by atoms with Gasteiger partial charge in [-0.05, 0) is 25.5 Å². The predicted octanol–water partition coefficient (Wildman–Crippen LogP) is 1.35. The minimum Gasteiger partial charge on any atom is -0.446 e. The van der Waals surface area contributed by atoms with Crippen molar-refractivity contribution in [1.82, 2.24) is 25.8 Å². The summed E-state index contributed by atoms with van der Waals surface area (Å²) in [5.41, 5.74) is -1.14. The Morgan fingerprint density at radius 2 is 1.90 bits per heavy atom. The van der Waals surface area contributed by atoms with E-state index in [4.69, 9.17) is 14.0 Å². The molecule has 0 aliphatic carbocycles. The molecule has 0 bridgehead atoms. The molecular formula is C25H22FN7O7. The molecule has 3 saturated heterocycles. The minimum atomic E-state index is -1.80. The number of morpholine rings is 1. The van der Waals surface area contributed by atoms with Crippen LogP contribution in [-0.2, 0) is 25.5 Å². The summed E-state index contributed by atoms with van der Waals surface area (Å²) in [5.74, 6) is -2.38. The van der Waals surface area contributed by atoms with Gasteiger partial charge in [-0.1, -0.05) is 5.16 Å². The van der Waals surface area contributed by atoms with Gasteiger partial charge in [-0.3, -0.25) is 30.2 Å². The normalized spacial score (nSPS) is 27.4. The monoisotopic (exact) mass is 551 g/mol. The van der Waals surface area contributed by atoms with Crippen LogP contribution in [0.3, 0.4) is 0 Å². The number of aromatic nitrogens is 3. The molecule has 206 valence electrons. The smallest absolute Gasteiger partial charge is 0.416 e. The number of hydrogen-bond acceptors (Lipinski definition) is 11. The van der Waals surface area contributed by atoms with Gasteiger partial charge in [0.1, 0.15) is 12.6 Å². The number of carbonyl (C=O) groups is 4. The number of nitrogens with one attached hydrogen (secondary N) is 2. The number of anilines is 2. The van der Waals surface area contributed by atoms with Crippen molar-refractivity contribution in [2.75, 3.05) is 23.0 Å². The lowest BCUT2D eigenvalue weighted by Crippen LogP contribution is -2.75. The standard InChI is InChI=1S/C25H22FN7O7/c1-10-8-32-17-12(6-25(19(32)11(2)39-10)21(34)29-23(36)30-22(25)35)5-13-18(16(17)26)40-31-20(13)33-15(9-38-24(33)37)14-7-27-3-4-28-14/h3-5,7,10-11,15,19H,6,8-9H2,1-2H3,(H2,29,30,34,35,36)/t10-,11+,15-,19?/m1/s1. The third kappa shape index (κ3) is 3.20. The Bertz CT molecular complexity index is 1590. The van der Waals surface area contributed by atoms with Crippen molar-refractivity contribution in [2.45, 2.75) is 44.6 Å². The van der Waals surface area contributed by atoms with Crippen molar-refractivity contribution in [3.63, 3.8) is 0 Å². The zero-order valence-corrected chi connectivity index (χ0v) is 21.2. The molecular weight excluding hydrogens is 529 g/mol. The average Bonchev–Trinajstić information content (AvgIpc) is 3.50. The number of benzene rings is 1. The fraction of sp³-hybridized carbons (Fsp3) is 0.400. The second-order valence-corrected chi connectivity index (χ2v) is 10.3. The van der Waals surface area contributed by atoms with Crippen LogP contribution in [0.4, 0.5) is 25.5 Å². The highest BCUT2D eigenvalue weighted by Gasteiger charge is 2.63. The number of amides is 5. The van der Waals surface area contributed by atoms with Gasteiger partial charge >= 0.3 is 12.1 Å². The number of cyclic esters (lactones) is 1. The van der Waals surface area contributed by atoms with Gasteiger partial charge < -0.3 is 18.9 Å². The van der Waals surface area contributed by atoms with Gasteiger partial charge in [0.15, 0.2) is 17.1 Å². The lowest BCUT2D eigenvalue weighted by Gasteiger charge is -2.55. The first-order chi connectivity index (χ1) is 19.2. The summed E-state index contributed by atoms with van der Waals surface area (Å²) in [7, 11) is 0. The molecule has 2 aromatic heterocycles. The molecule has 1 unspecified atom stereocenters. The Morgan fingerprint density at radius 3 is 2.62 bits per heavy atom. The van der Waals surface area contributed by atoms with Crippen molar-refractivity contribution in [3.8, 4) is 0 Å². The van der Waals surface area contributed by atoms with Crippen LogP contribution >= 0.6 is 0 Å². The van der Waals surface area contributed by atoms with E-state index in [0.717, 1.165) is 0 Å². The lowest BCUT2D eigenvalue weighted by molar-refractivity contribution is -0.153. The van der Waals surface area contributed by atoms with E-state index in [1.807, 2.05) is 0 Å². The van der Waals surface area contributed by atoms with E-state index in [-0.39, 0.29) is 48.2 Å². The van der Waals surface area contributed by atoms with Crippen LogP contribution in [0.25, 0.3) is 11.0 Å². The van der Waals surface area contributed by atoms with Crippen LogP contribution in [0.1, 0.15) is 31.1 Å². The van der Waals surface area contributed by atoms with Crippen molar-refractivity contribution < 1.29 is 37.6 Å². The largest absolute Gasteiger partial charge is 0.446 e. The molecule has 4 aliphatic heterocycles. The van der Waals surface area contributed by atoms with Crippen LogP contribution in [0.15, 0.2) is 29.2 Å². The molecule has 40 heavy (non-hydrogen) atoms. The van der Waals surface area contributed by atoms with Crippen molar-refractivity contribution >= 4 is 46.4 Å². The van der Waals surface area contributed by atoms with Crippen LogP contribution in [0.2, 0.25) is 0 Å². The first-order valence-electron chi connectivity index (χ1n) is 12.6. The maximum absolute atomic E-state index is 16.4. The summed E-state index contributed by atoms with van der Waals surface area (Å²) in [6.07, 6.45) is 2.43. The third-order valence-corrected chi connectivity index (χ3v) is 7.97. The zero-order valence-electron chi connectivity index (χ0n) is 21.2. The number of ether oxygens (including phenoxy) is 2. The molecule has 1 aromatic carbocycles. The summed E-state index contributed by atoms with van der Waals surface area (Å²) in [5, 5.41) is 8.57. The Labute approximate surface area is 224 Å². The predicted molar refractivity (Wildman–Crippen MR) is 132 cm³/mol. The fourth-order valence-electron chi connectivity index (χ4n) is 6.47. The van der Waals surface area contributed by atoms with E-state index in [2.05, 4.69) is 25.8 Å². The van der Waals surface area contributed by atoms with E-state index in [9.17, 15) is 19.2 Å². The van der Waals surface area contributed by atoms with Crippen LogP contribution in [0, 0.1) is 11.2 Å². The molecule has 6 heterocycles. The van der Waals surface area contributed by atoms with Gasteiger partial charge in [0.2, 0.25) is 17.4 Å². The topological polar surface area (TPSA) is 169 Å². The Hall–Kier alpha value is -4.66. The van der Waals surface area contributed by atoms with Gasteiger partial charge in [0.05, 0.1) is 41.2 Å². The number of fused-ring (bicyclic) bond motifs is 5. The van der Waals surface area contributed by atoms with E-state index < -0.39 is 53.4 Å². The van der Waals surface area contributed by atoms with Crippen molar-refractivity contribution in [1.29, 1.82) is 0 Å². The highest BCUT2D eigenvalue weighted by Crippen LogP contribution is 2.50.